The Morgan fingerprint density at radius 1 is 1.19 bits per heavy atom. The number of aromatic carboxylic acids is 1. The van der Waals surface area contributed by atoms with E-state index in [4.69, 9.17) is 9.72 Å². The molecule has 1 aliphatic rings. The van der Waals surface area contributed by atoms with Crippen LogP contribution < -0.4 is 15.0 Å². The summed E-state index contributed by atoms with van der Waals surface area (Å²) in [4.78, 5) is 31.4. The van der Waals surface area contributed by atoms with Crippen molar-refractivity contribution in [1.82, 2.24) is 4.98 Å². The smallest absolute Gasteiger partial charge is 0.336 e. The van der Waals surface area contributed by atoms with Crippen molar-refractivity contribution in [3.63, 3.8) is 0 Å². The Bertz CT molecular complexity index is 1140. The van der Waals surface area contributed by atoms with Crippen LogP contribution in [0, 0.1) is 5.92 Å². The van der Waals surface area contributed by atoms with E-state index >= 15 is 0 Å². The van der Waals surface area contributed by atoms with E-state index in [1.54, 1.807) is 31.4 Å². The molecule has 2 N–H and O–H groups in total. The first kappa shape index (κ1) is 21.6. The van der Waals surface area contributed by atoms with Crippen LogP contribution >= 0.6 is 0 Å². The van der Waals surface area contributed by atoms with Gasteiger partial charge in [0, 0.05) is 24.2 Å². The number of hydrogen-bond acceptors (Lipinski definition) is 5. The molecule has 0 bridgehead atoms. The minimum atomic E-state index is -1.01. The van der Waals surface area contributed by atoms with Crippen LogP contribution in [0.15, 0.2) is 48.5 Å². The van der Waals surface area contributed by atoms with Crippen molar-refractivity contribution in [1.29, 1.82) is 0 Å². The van der Waals surface area contributed by atoms with Crippen LogP contribution in [0.4, 0.5) is 11.5 Å². The van der Waals surface area contributed by atoms with Crippen molar-refractivity contribution < 1.29 is 19.4 Å². The molecule has 1 aromatic heterocycles. The number of pyridine rings is 1. The molecule has 166 valence electrons. The Morgan fingerprint density at radius 3 is 2.66 bits per heavy atom. The number of anilines is 2. The second kappa shape index (κ2) is 9.26. The molecule has 3 aromatic rings. The van der Waals surface area contributed by atoms with Gasteiger partial charge in [-0.05, 0) is 60.7 Å². The van der Waals surface area contributed by atoms with Crippen molar-refractivity contribution in [3.05, 3.63) is 59.7 Å². The van der Waals surface area contributed by atoms with E-state index in [-0.39, 0.29) is 17.9 Å². The third-order valence-corrected chi connectivity index (χ3v) is 5.81. The average molecular weight is 434 g/mol. The summed E-state index contributed by atoms with van der Waals surface area (Å²) in [5.41, 5.74) is 2.19. The van der Waals surface area contributed by atoms with Crippen molar-refractivity contribution in [2.24, 2.45) is 5.92 Å². The number of fused-ring (bicyclic) bond motifs is 1. The number of carbonyl (C=O) groups excluding carboxylic acids is 1. The topological polar surface area (TPSA) is 91.8 Å². The highest BCUT2D eigenvalue weighted by Crippen LogP contribution is 2.28. The summed E-state index contributed by atoms with van der Waals surface area (Å²) in [6, 6.07) is 14.2. The molecule has 0 aliphatic carbocycles. The third kappa shape index (κ3) is 4.82. The zero-order chi connectivity index (χ0) is 22.7. The summed E-state index contributed by atoms with van der Waals surface area (Å²) < 4.78 is 5.14. The predicted molar refractivity (Wildman–Crippen MR) is 125 cm³/mol. The molecule has 1 fully saturated rings. The largest absolute Gasteiger partial charge is 0.497 e. The molecular formula is C25H27N3O4. The van der Waals surface area contributed by atoms with Gasteiger partial charge in [0.2, 0.25) is 5.91 Å². The number of carboxylic acids is 1. The summed E-state index contributed by atoms with van der Waals surface area (Å²) in [5.74, 6) is 0.787. The lowest BCUT2D eigenvalue weighted by molar-refractivity contribution is -0.115. The van der Waals surface area contributed by atoms with Gasteiger partial charge in [-0.1, -0.05) is 19.1 Å². The van der Waals surface area contributed by atoms with Gasteiger partial charge in [0.25, 0.3) is 0 Å². The summed E-state index contributed by atoms with van der Waals surface area (Å²) in [6.45, 7) is 3.95. The molecule has 2 heterocycles. The number of rotatable bonds is 6. The molecule has 1 unspecified atom stereocenters. The normalized spacial score (nSPS) is 16.1. The fourth-order valence-corrected chi connectivity index (χ4v) is 4.16. The molecule has 1 amide bonds. The SMILES string of the molecule is COc1ccc(CC(=O)Nc2ccc3nc(N4CCCC(C)C4)cc(C(=O)O)c3c2)cc1. The van der Waals surface area contributed by atoms with Crippen LogP contribution in [0.1, 0.15) is 35.7 Å². The molecule has 1 saturated heterocycles. The highest BCUT2D eigenvalue weighted by Gasteiger charge is 2.21. The van der Waals surface area contributed by atoms with Crippen LogP contribution in [-0.2, 0) is 11.2 Å². The van der Waals surface area contributed by atoms with E-state index in [0.29, 0.717) is 28.3 Å². The van der Waals surface area contributed by atoms with Crippen LogP contribution in [0.3, 0.4) is 0 Å². The molecule has 7 nitrogen and oxygen atoms in total. The van der Waals surface area contributed by atoms with Crippen LogP contribution in [0.5, 0.6) is 5.75 Å². The maximum absolute atomic E-state index is 12.5. The molecule has 0 radical (unpaired) electrons. The maximum Gasteiger partial charge on any atom is 0.336 e. The first-order chi connectivity index (χ1) is 15.4. The molecule has 1 atom stereocenters. The highest BCUT2D eigenvalue weighted by atomic mass is 16.5. The van der Waals surface area contributed by atoms with E-state index in [0.717, 1.165) is 30.8 Å². The monoisotopic (exact) mass is 433 g/mol. The number of carboxylic acid groups (broad SMARTS) is 1. The van der Waals surface area contributed by atoms with Gasteiger partial charge >= 0.3 is 5.97 Å². The zero-order valence-electron chi connectivity index (χ0n) is 18.3. The van der Waals surface area contributed by atoms with Crippen molar-refractivity contribution in [2.45, 2.75) is 26.2 Å². The molecule has 2 aromatic carbocycles. The molecule has 1 aliphatic heterocycles. The summed E-state index contributed by atoms with van der Waals surface area (Å²) in [6.07, 6.45) is 2.45. The Morgan fingerprint density at radius 2 is 1.97 bits per heavy atom. The fraction of sp³-hybridized carbons (Fsp3) is 0.320. The number of nitrogens with zero attached hydrogens (tertiary/aromatic N) is 2. The lowest BCUT2D eigenvalue weighted by Gasteiger charge is -2.32. The molecule has 32 heavy (non-hydrogen) atoms. The van der Waals surface area contributed by atoms with E-state index in [2.05, 4.69) is 17.1 Å². The highest BCUT2D eigenvalue weighted by molar-refractivity contribution is 6.05. The van der Waals surface area contributed by atoms with Gasteiger partial charge in [-0.25, -0.2) is 9.78 Å². The zero-order valence-corrected chi connectivity index (χ0v) is 18.3. The van der Waals surface area contributed by atoms with Gasteiger partial charge in [-0.2, -0.15) is 0 Å². The summed E-state index contributed by atoms with van der Waals surface area (Å²) in [5, 5.41) is 13.2. The second-order valence-corrected chi connectivity index (χ2v) is 8.33. The Kier molecular flexibility index (Phi) is 6.25. The second-order valence-electron chi connectivity index (χ2n) is 8.33. The first-order valence-corrected chi connectivity index (χ1v) is 10.8. The molecule has 0 spiro atoms. The molecule has 4 rings (SSSR count). The van der Waals surface area contributed by atoms with Gasteiger partial charge in [0.05, 0.1) is 24.6 Å². The molecular weight excluding hydrogens is 406 g/mol. The summed E-state index contributed by atoms with van der Waals surface area (Å²) >= 11 is 0. The van der Waals surface area contributed by atoms with Crippen LogP contribution in [0.2, 0.25) is 0 Å². The van der Waals surface area contributed by atoms with Gasteiger partial charge < -0.3 is 20.1 Å². The van der Waals surface area contributed by atoms with Crippen molar-refractivity contribution in [3.8, 4) is 5.75 Å². The Labute approximate surface area is 187 Å². The van der Waals surface area contributed by atoms with E-state index < -0.39 is 5.97 Å². The first-order valence-electron chi connectivity index (χ1n) is 10.8. The quantitative estimate of drug-likeness (QED) is 0.600. The van der Waals surface area contributed by atoms with Gasteiger partial charge in [0.15, 0.2) is 0 Å². The number of methoxy groups -OCH3 is 1. The Balaban J connectivity index is 1.57. The average Bonchev–Trinajstić information content (AvgIpc) is 2.78. The maximum atomic E-state index is 12.5. The lowest BCUT2D eigenvalue weighted by atomic mass is 10.00. The Hall–Kier alpha value is -3.61. The number of amides is 1. The predicted octanol–water partition coefficient (Wildman–Crippen LogP) is 4.36. The number of piperidine rings is 1. The minimum Gasteiger partial charge on any atom is -0.497 e. The number of hydrogen-bond donors (Lipinski definition) is 2. The number of ether oxygens (including phenoxy) is 1. The van der Waals surface area contributed by atoms with E-state index in [1.165, 1.54) is 6.42 Å². The van der Waals surface area contributed by atoms with Gasteiger partial charge in [-0.3, -0.25) is 4.79 Å². The minimum absolute atomic E-state index is 0.182. The van der Waals surface area contributed by atoms with Gasteiger partial charge in [0.1, 0.15) is 11.6 Å². The van der Waals surface area contributed by atoms with Gasteiger partial charge in [-0.15, -0.1) is 0 Å². The number of aromatic nitrogens is 1. The number of benzene rings is 2. The lowest BCUT2D eigenvalue weighted by Crippen LogP contribution is -2.35. The van der Waals surface area contributed by atoms with Crippen LogP contribution in [-0.4, -0.2) is 42.2 Å². The van der Waals surface area contributed by atoms with Crippen molar-refractivity contribution >= 4 is 34.3 Å². The standard InChI is InChI=1S/C25H27N3O4/c1-16-4-3-11-28(15-16)23-14-21(25(30)31)20-13-18(7-10-22(20)27-23)26-24(29)12-17-5-8-19(32-2)9-6-17/h5-10,13-14,16H,3-4,11-12,15H2,1-2H3,(H,26,29)(H,30,31). The number of carbonyl (C=O) groups is 2. The van der Waals surface area contributed by atoms with E-state index in [9.17, 15) is 14.7 Å². The number of nitrogens with one attached hydrogen (secondary N) is 1. The van der Waals surface area contributed by atoms with E-state index in [1.807, 2.05) is 24.3 Å². The molecule has 7 heteroatoms. The van der Waals surface area contributed by atoms with Crippen LogP contribution in [0.25, 0.3) is 10.9 Å². The van der Waals surface area contributed by atoms with Crippen molar-refractivity contribution in [2.75, 3.05) is 30.4 Å². The fourth-order valence-electron chi connectivity index (χ4n) is 4.16. The third-order valence-electron chi connectivity index (χ3n) is 5.81. The summed E-state index contributed by atoms with van der Waals surface area (Å²) in [7, 11) is 1.59. The molecule has 0 saturated carbocycles.